The van der Waals surface area contributed by atoms with Crippen LogP contribution in [0.5, 0.6) is 0 Å². The highest BCUT2D eigenvalue weighted by Gasteiger charge is 2.14. The van der Waals surface area contributed by atoms with Crippen molar-refractivity contribution in [1.29, 1.82) is 0 Å². The predicted molar refractivity (Wildman–Crippen MR) is 67.2 cm³/mol. The smallest absolute Gasteiger partial charge is 0.230 e. The van der Waals surface area contributed by atoms with Crippen molar-refractivity contribution in [3.8, 4) is 0 Å². The molecule has 7 heteroatoms. The molecule has 2 aromatic rings. The molecule has 0 bridgehead atoms. The summed E-state index contributed by atoms with van der Waals surface area (Å²) < 4.78 is 7.14. The van der Waals surface area contributed by atoms with Gasteiger partial charge in [0.1, 0.15) is 0 Å². The molecule has 6 nitrogen and oxygen atoms in total. The molecule has 0 fully saturated rings. The minimum Gasteiger partial charge on any atom is -0.424 e. The van der Waals surface area contributed by atoms with Crippen LogP contribution >= 0.6 is 11.6 Å². The van der Waals surface area contributed by atoms with Crippen LogP contribution in [0.2, 0.25) is 5.02 Å². The zero-order valence-electron chi connectivity index (χ0n) is 10.9. The van der Waals surface area contributed by atoms with E-state index in [2.05, 4.69) is 20.2 Å². The summed E-state index contributed by atoms with van der Waals surface area (Å²) in [6, 6.07) is 0. The van der Waals surface area contributed by atoms with Gasteiger partial charge in [-0.05, 0) is 14.0 Å². The fraction of sp³-hybridized carbons (Fsp3) is 0.545. The van der Waals surface area contributed by atoms with Crippen LogP contribution < -0.4 is 0 Å². The maximum Gasteiger partial charge on any atom is 0.230 e. The van der Waals surface area contributed by atoms with Crippen LogP contribution in [0.15, 0.2) is 4.42 Å². The molecule has 0 aliphatic rings. The molecule has 0 saturated heterocycles. The Bertz CT molecular complexity index is 548. The van der Waals surface area contributed by atoms with Crippen molar-refractivity contribution in [3.05, 3.63) is 28.2 Å². The Morgan fingerprint density at radius 1 is 1.28 bits per heavy atom. The van der Waals surface area contributed by atoms with Gasteiger partial charge >= 0.3 is 0 Å². The molecule has 0 unspecified atom stereocenters. The highest BCUT2D eigenvalue weighted by molar-refractivity contribution is 6.31. The first-order valence-electron chi connectivity index (χ1n) is 5.63. The van der Waals surface area contributed by atoms with E-state index in [1.54, 1.807) is 11.6 Å². The number of rotatable bonds is 4. The van der Waals surface area contributed by atoms with Gasteiger partial charge in [-0.25, -0.2) is 0 Å². The lowest BCUT2D eigenvalue weighted by Crippen LogP contribution is -2.19. The second kappa shape index (κ2) is 5.07. The van der Waals surface area contributed by atoms with E-state index in [-0.39, 0.29) is 0 Å². The summed E-state index contributed by atoms with van der Waals surface area (Å²) in [4.78, 5) is 2.05. The van der Waals surface area contributed by atoms with E-state index in [1.807, 2.05) is 21.0 Å². The maximum absolute atomic E-state index is 6.20. The minimum absolute atomic E-state index is 0.577. The molecule has 0 saturated carbocycles. The zero-order valence-corrected chi connectivity index (χ0v) is 11.7. The first kappa shape index (κ1) is 13.0. The third-order valence-electron chi connectivity index (χ3n) is 2.65. The van der Waals surface area contributed by atoms with Gasteiger partial charge in [-0.3, -0.25) is 9.58 Å². The quantitative estimate of drug-likeness (QED) is 0.846. The predicted octanol–water partition coefficient (Wildman–Crippen LogP) is 1.71. The molecular weight excluding hydrogens is 254 g/mol. The normalized spacial score (nSPS) is 11.4. The lowest BCUT2D eigenvalue weighted by atomic mass is 10.3. The van der Waals surface area contributed by atoms with Gasteiger partial charge in [-0.2, -0.15) is 5.10 Å². The van der Waals surface area contributed by atoms with Gasteiger partial charge in [-0.15, -0.1) is 10.2 Å². The molecule has 98 valence electrons. The van der Waals surface area contributed by atoms with Gasteiger partial charge in [-0.1, -0.05) is 11.6 Å². The van der Waals surface area contributed by atoms with Gasteiger partial charge in [0, 0.05) is 20.5 Å². The van der Waals surface area contributed by atoms with Crippen molar-refractivity contribution >= 4 is 11.6 Å². The summed E-state index contributed by atoms with van der Waals surface area (Å²) in [5.41, 5.74) is 1.82. The molecule has 0 spiro atoms. The first-order chi connectivity index (χ1) is 8.47. The molecule has 0 aromatic carbocycles. The zero-order chi connectivity index (χ0) is 13.3. The molecule has 2 heterocycles. The Morgan fingerprint density at radius 2 is 2.00 bits per heavy atom. The number of aromatic nitrogens is 4. The molecule has 0 aliphatic carbocycles. The number of hydrogen-bond acceptors (Lipinski definition) is 5. The summed E-state index contributed by atoms with van der Waals surface area (Å²) in [5.74, 6) is 1.18. The van der Waals surface area contributed by atoms with Gasteiger partial charge in [0.15, 0.2) is 0 Å². The second-order valence-electron chi connectivity index (χ2n) is 4.36. The van der Waals surface area contributed by atoms with E-state index in [0.29, 0.717) is 29.9 Å². The van der Waals surface area contributed by atoms with Crippen molar-refractivity contribution in [2.24, 2.45) is 7.05 Å². The monoisotopic (exact) mass is 269 g/mol. The number of nitrogens with zero attached hydrogens (tertiary/aromatic N) is 5. The fourth-order valence-corrected chi connectivity index (χ4v) is 2.02. The average molecular weight is 270 g/mol. The van der Waals surface area contributed by atoms with E-state index >= 15 is 0 Å². The number of halogens is 1. The summed E-state index contributed by atoms with van der Waals surface area (Å²) >= 11 is 6.20. The van der Waals surface area contributed by atoms with Crippen molar-refractivity contribution in [1.82, 2.24) is 24.9 Å². The van der Waals surface area contributed by atoms with Gasteiger partial charge in [0.05, 0.1) is 23.0 Å². The topological polar surface area (TPSA) is 60.0 Å². The molecule has 0 amide bonds. The van der Waals surface area contributed by atoms with E-state index in [0.717, 1.165) is 11.4 Å². The Hall–Kier alpha value is -1.40. The molecule has 0 radical (unpaired) electrons. The van der Waals surface area contributed by atoms with Gasteiger partial charge in [0.2, 0.25) is 11.8 Å². The Morgan fingerprint density at radius 3 is 2.50 bits per heavy atom. The van der Waals surface area contributed by atoms with Crippen LogP contribution in [0.3, 0.4) is 0 Å². The Kier molecular flexibility index (Phi) is 3.68. The lowest BCUT2D eigenvalue weighted by Gasteiger charge is -2.14. The van der Waals surface area contributed by atoms with Crippen LogP contribution in [0.4, 0.5) is 0 Å². The molecule has 2 aromatic heterocycles. The fourth-order valence-electron chi connectivity index (χ4n) is 1.80. The minimum atomic E-state index is 0.577. The van der Waals surface area contributed by atoms with Crippen molar-refractivity contribution < 1.29 is 4.42 Å². The van der Waals surface area contributed by atoms with Crippen LogP contribution in [0, 0.1) is 13.8 Å². The van der Waals surface area contributed by atoms with Crippen LogP contribution in [-0.2, 0) is 20.1 Å². The lowest BCUT2D eigenvalue weighted by molar-refractivity contribution is 0.272. The largest absolute Gasteiger partial charge is 0.424 e. The van der Waals surface area contributed by atoms with Crippen LogP contribution in [0.25, 0.3) is 0 Å². The maximum atomic E-state index is 6.20. The summed E-state index contributed by atoms with van der Waals surface area (Å²) in [5, 5.41) is 12.8. The third-order valence-corrected chi connectivity index (χ3v) is 3.15. The van der Waals surface area contributed by atoms with Gasteiger partial charge in [0.25, 0.3) is 0 Å². The van der Waals surface area contributed by atoms with Crippen molar-refractivity contribution in [2.75, 3.05) is 7.05 Å². The second-order valence-corrected chi connectivity index (χ2v) is 4.73. The SMILES string of the molecule is Cc1nnc(CN(C)Cc2c(Cl)c(C)nn2C)o1. The molecule has 0 aliphatic heterocycles. The summed E-state index contributed by atoms with van der Waals surface area (Å²) in [6.07, 6.45) is 0. The van der Waals surface area contributed by atoms with E-state index in [9.17, 15) is 0 Å². The molecule has 2 rings (SSSR count). The van der Waals surface area contributed by atoms with Gasteiger partial charge < -0.3 is 4.42 Å². The Labute approximate surface area is 111 Å². The average Bonchev–Trinajstić information content (AvgIpc) is 2.78. The van der Waals surface area contributed by atoms with Crippen molar-refractivity contribution in [2.45, 2.75) is 26.9 Å². The highest BCUT2D eigenvalue weighted by Crippen LogP contribution is 2.20. The molecule has 18 heavy (non-hydrogen) atoms. The van der Waals surface area contributed by atoms with Crippen LogP contribution in [-0.4, -0.2) is 31.9 Å². The summed E-state index contributed by atoms with van der Waals surface area (Å²) in [6.45, 7) is 4.93. The van der Waals surface area contributed by atoms with Crippen molar-refractivity contribution in [3.63, 3.8) is 0 Å². The van der Waals surface area contributed by atoms with E-state index < -0.39 is 0 Å². The number of hydrogen-bond donors (Lipinski definition) is 0. The Balaban J connectivity index is 2.05. The number of aryl methyl sites for hydroxylation is 3. The molecule has 0 atom stereocenters. The highest BCUT2D eigenvalue weighted by atomic mass is 35.5. The van der Waals surface area contributed by atoms with E-state index in [4.69, 9.17) is 16.0 Å². The van der Waals surface area contributed by atoms with Crippen LogP contribution in [0.1, 0.15) is 23.2 Å². The molecular formula is C11H16ClN5O. The van der Waals surface area contributed by atoms with E-state index in [1.165, 1.54) is 0 Å². The third kappa shape index (κ3) is 2.70. The molecule has 0 N–H and O–H groups in total. The summed E-state index contributed by atoms with van der Waals surface area (Å²) in [7, 11) is 3.86. The standard InChI is InChI=1S/C11H16ClN5O/c1-7-11(12)9(17(4)15-7)5-16(3)6-10-14-13-8(2)18-10/h5-6H2,1-4H3. The first-order valence-corrected chi connectivity index (χ1v) is 6.00.